The SMILES string of the molecule is Cc1cc(C)c2c(c1)NC(=O)C[C@@H]1OC(C)(C)O[C@@H]1C(O)/C=C\C[C@H](C)OC2=O. The molecule has 1 aromatic rings. The van der Waals surface area contributed by atoms with Crippen molar-refractivity contribution in [1.82, 2.24) is 0 Å². The molecule has 2 heterocycles. The number of amides is 1. The Balaban J connectivity index is 1.97. The Labute approximate surface area is 171 Å². The second-order valence-electron chi connectivity index (χ2n) is 8.27. The highest BCUT2D eigenvalue weighted by Crippen LogP contribution is 2.33. The molecule has 158 valence electrons. The number of benzene rings is 1. The van der Waals surface area contributed by atoms with Crippen LogP contribution in [0, 0.1) is 13.8 Å². The van der Waals surface area contributed by atoms with Gasteiger partial charge in [-0.2, -0.15) is 0 Å². The van der Waals surface area contributed by atoms with E-state index in [2.05, 4.69) is 5.32 Å². The van der Waals surface area contributed by atoms with E-state index in [0.29, 0.717) is 17.7 Å². The molecule has 0 aliphatic carbocycles. The summed E-state index contributed by atoms with van der Waals surface area (Å²) in [6.45, 7) is 8.99. The summed E-state index contributed by atoms with van der Waals surface area (Å²) in [6, 6.07) is 3.63. The van der Waals surface area contributed by atoms with E-state index in [1.807, 2.05) is 19.9 Å². The van der Waals surface area contributed by atoms with Gasteiger partial charge in [-0.15, -0.1) is 0 Å². The zero-order valence-corrected chi connectivity index (χ0v) is 17.5. The normalized spacial score (nSPS) is 31.1. The number of ether oxygens (including phenoxy) is 3. The average Bonchev–Trinajstić information content (AvgIpc) is 2.87. The molecule has 29 heavy (non-hydrogen) atoms. The van der Waals surface area contributed by atoms with Crippen LogP contribution in [0.1, 0.15) is 55.1 Å². The van der Waals surface area contributed by atoms with E-state index < -0.39 is 36.2 Å². The molecule has 4 atom stereocenters. The average molecular weight is 403 g/mol. The third-order valence-corrected chi connectivity index (χ3v) is 5.01. The van der Waals surface area contributed by atoms with E-state index in [-0.39, 0.29) is 12.3 Å². The van der Waals surface area contributed by atoms with Crippen molar-refractivity contribution in [3.8, 4) is 0 Å². The number of aryl methyl sites for hydroxylation is 2. The molecule has 1 amide bonds. The number of aliphatic hydroxyl groups is 1. The maximum Gasteiger partial charge on any atom is 0.340 e. The first-order valence-corrected chi connectivity index (χ1v) is 9.88. The second kappa shape index (κ2) is 8.26. The van der Waals surface area contributed by atoms with Gasteiger partial charge in [0, 0.05) is 6.42 Å². The van der Waals surface area contributed by atoms with E-state index in [4.69, 9.17) is 14.2 Å². The zero-order valence-electron chi connectivity index (χ0n) is 17.5. The van der Waals surface area contributed by atoms with Gasteiger partial charge in [0.25, 0.3) is 0 Å². The Morgan fingerprint density at radius 3 is 2.62 bits per heavy atom. The molecule has 2 aliphatic rings. The van der Waals surface area contributed by atoms with E-state index in [1.165, 1.54) is 0 Å². The van der Waals surface area contributed by atoms with Crippen molar-refractivity contribution in [3.63, 3.8) is 0 Å². The number of hydrogen-bond donors (Lipinski definition) is 2. The lowest BCUT2D eigenvalue weighted by Crippen LogP contribution is -2.36. The topological polar surface area (TPSA) is 94.1 Å². The summed E-state index contributed by atoms with van der Waals surface area (Å²) in [5, 5.41) is 13.4. The maximum atomic E-state index is 12.8. The number of carbonyl (C=O) groups excluding carboxylic acids is 2. The van der Waals surface area contributed by atoms with Gasteiger partial charge in [0.2, 0.25) is 5.91 Å². The van der Waals surface area contributed by atoms with E-state index >= 15 is 0 Å². The number of cyclic esters (lactones) is 1. The molecule has 1 fully saturated rings. The molecular formula is C22H29NO6. The zero-order chi connectivity index (χ0) is 21.3. The van der Waals surface area contributed by atoms with Crippen molar-refractivity contribution in [3.05, 3.63) is 41.0 Å². The van der Waals surface area contributed by atoms with Crippen molar-refractivity contribution >= 4 is 17.6 Å². The summed E-state index contributed by atoms with van der Waals surface area (Å²) >= 11 is 0. The molecule has 7 nitrogen and oxygen atoms in total. The Hall–Kier alpha value is -2.22. The number of carbonyl (C=O) groups is 2. The molecule has 3 rings (SSSR count). The molecule has 7 heteroatoms. The predicted octanol–water partition coefficient (Wildman–Crippen LogP) is 3.02. The maximum absolute atomic E-state index is 12.8. The van der Waals surface area contributed by atoms with Gasteiger partial charge < -0.3 is 24.6 Å². The van der Waals surface area contributed by atoms with Crippen LogP contribution in [0.3, 0.4) is 0 Å². The van der Waals surface area contributed by atoms with Crippen LogP contribution in [0.4, 0.5) is 5.69 Å². The summed E-state index contributed by atoms with van der Waals surface area (Å²) in [5.74, 6) is -1.73. The van der Waals surface area contributed by atoms with Gasteiger partial charge in [-0.05, 0) is 51.8 Å². The smallest absolute Gasteiger partial charge is 0.340 e. The van der Waals surface area contributed by atoms with Crippen LogP contribution < -0.4 is 5.32 Å². The van der Waals surface area contributed by atoms with Gasteiger partial charge in [0.1, 0.15) is 18.3 Å². The van der Waals surface area contributed by atoms with Gasteiger partial charge in [0.15, 0.2) is 5.79 Å². The molecule has 0 saturated carbocycles. The highest BCUT2D eigenvalue weighted by atomic mass is 16.8. The fraction of sp³-hybridized carbons (Fsp3) is 0.545. The van der Waals surface area contributed by atoms with Crippen molar-refractivity contribution < 1.29 is 28.9 Å². The first-order valence-electron chi connectivity index (χ1n) is 9.88. The minimum Gasteiger partial charge on any atom is -0.459 e. The van der Waals surface area contributed by atoms with Crippen molar-refractivity contribution in [2.75, 3.05) is 5.32 Å². The molecule has 0 aromatic heterocycles. The molecular weight excluding hydrogens is 374 g/mol. The molecule has 0 radical (unpaired) electrons. The first-order chi connectivity index (χ1) is 13.6. The highest BCUT2D eigenvalue weighted by Gasteiger charge is 2.45. The van der Waals surface area contributed by atoms with Crippen LogP contribution in [-0.4, -0.2) is 47.2 Å². The third-order valence-electron chi connectivity index (χ3n) is 5.01. The lowest BCUT2D eigenvalue weighted by atomic mass is 10.0. The standard InChI is InChI=1S/C22H29NO6/c1-12-9-13(2)19-15(10-12)23-18(25)11-17-20(29-22(4,5)28-17)16(24)8-6-7-14(3)27-21(19)26/h6,8-10,14,16-17,20,24H,7,11H2,1-5H3,(H,23,25)/b8-6-/t14-,16?,17-,20+/m0/s1. The van der Waals surface area contributed by atoms with Crippen LogP contribution >= 0.6 is 0 Å². The van der Waals surface area contributed by atoms with Gasteiger partial charge in [0.05, 0.1) is 23.8 Å². The Morgan fingerprint density at radius 1 is 1.17 bits per heavy atom. The van der Waals surface area contributed by atoms with Gasteiger partial charge in [-0.3, -0.25) is 4.79 Å². The largest absolute Gasteiger partial charge is 0.459 e. The minimum atomic E-state index is -0.947. The van der Waals surface area contributed by atoms with Crippen molar-refractivity contribution in [1.29, 1.82) is 0 Å². The lowest BCUT2D eigenvalue weighted by Gasteiger charge is -2.22. The fourth-order valence-electron chi connectivity index (χ4n) is 3.84. The number of anilines is 1. The minimum absolute atomic E-state index is 0.0170. The fourth-order valence-corrected chi connectivity index (χ4v) is 3.84. The molecule has 0 bridgehead atoms. The van der Waals surface area contributed by atoms with E-state index in [0.717, 1.165) is 11.1 Å². The van der Waals surface area contributed by atoms with Crippen molar-refractivity contribution in [2.45, 2.75) is 77.7 Å². The Morgan fingerprint density at radius 2 is 1.90 bits per heavy atom. The number of rotatable bonds is 0. The predicted molar refractivity (Wildman–Crippen MR) is 108 cm³/mol. The Kier molecular flexibility index (Phi) is 6.12. The number of hydrogen-bond acceptors (Lipinski definition) is 6. The third kappa shape index (κ3) is 5.04. The summed E-state index contributed by atoms with van der Waals surface area (Å²) < 4.78 is 17.3. The number of nitrogens with one attached hydrogen (secondary N) is 1. The molecule has 2 N–H and O–H groups in total. The van der Waals surface area contributed by atoms with E-state index in [9.17, 15) is 14.7 Å². The molecule has 1 saturated heterocycles. The monoisotopic (exact) mass is 403 g/mol. The number of fused-ring (bicyclic) bond motifs is 2. The molecule has 0 spiro atoms. The van der Waals surface area contributed by atoms with Gasteiger partial charge in [-0.1, -0.05) is 18.2 Å². The summed E-state index contributed by atoms with van der Waals surface area (Å²) in [6.07, 6.45) is 1.14. The van der Waals surface area contributed by atoms with Crippen molar-refractivity contribution in [2.24, 2.45) is 0 Å². The summed E-state index contributed by atoms with van der Waals surface area (Å²) in [5.41, 5.74) is 2.40. The quantitative estimate of drug-likeness (QED) is 0.511. The van der Waals surface area contributed by atoms with Crippen LogP contribution in [0.2, 0.25) is 0 Å². The first kappa shape index (κ1) is 21.5. The van der Waals surface area contributed by atoms with E-state index in [1.54, 1.807) is 39.0 Å². The summed E-state index contributed by atoms with van der Waals surface area (Å²) in [4.78, 5) is 25.5. The van der Waals surface area contributed by atoms with Gasteiger partial charge in [-0.25, -0.2) is 4.79 Å². The summed E-state index contributed by atoms with van der Waals surface area (Å²) in [7, 11) is 0. The highest BCUT2D eigenvalue weighted by molar-refractivity contribution is 6.02. The second-order valence-corrected chi connectivity index (χ2v) is 8.27. The van der Waals surface area contributed by atoms with Gasteiger partial charge >= 0.3 is 5.97 Å². The molecule has 1 unspecified atom stereocenters. The van der Waals surface area contributed by atoms with Crippen LogP contribution in [0.5, 0.6) is 0 Å². The van der Waals surface area contributed by atoms with Crippen LogP contribution in [0.15, 0.2) is 24.3 Å². The molecule has 1 aromatic carbocycles. The lowest BCUT2D eigenvalue weighted by molar-refractivity contribution is -0.153. The van der Waals surface area contributed by atoms with Crippen LogP contribution in [0.25, 0.3) is 0 Å². The molecule has 2 aliphatic heterocycles. The Bertz CT molecular complexity index is 831. The van der Waals surface area contributed by atoms with Crippen LogP contribution in [-0.2, 0) is 19.0 Å². The number of aliphatic hydroxyl groups excluding tert-OH is 1. The number of esters is 1.